The number of hydrogen-bond acceptors (Lipinski definition) is 3. The van der Waals surface area contributed by atoms with E-state index in [1.165, 1.54) is 6.07 Å². The number of ether oxygens (including phenoxy) is 1. The fraction of sp³-hybridized carbons (Fsp3) is 0.200. The first-order valence-electron chi connectivity index (χ1n) is 6.04. The number of para-hydroxylation sites is 1. The maximum absolute atomic E-state index is 13.8. The highest BCUT2D eigenvalue weighted by Crippen LogP contribution is 2.28. The molecule has 19 heavy (non-hydrogen) atoms. The number of aliphatic hydroxyl groups is 1. The monoisotopic (exact) mass is 261 g/mol. The van der Waals surface area contributed by atoms with Crippen LogP contribution in [0.25, 0.3) is 0 Å². The van der Waals surface area contributed by atoms with E-state index in [1.807, 2.05) is 6.07 Å². The van der Waals surface area contributed by atoms with Crippen LogP contribution in [0.1, 0.15) is 11.1 Å². The molecule has 0 atom stereocenters. The molecule has 0 bridgehead atoms. The van der Waals surface area contributed by atoms with Crippen LogP contribution in [0, 0.1) is 5.82 Å². The van der Waals surface area contributed by atoms with Gasteiger partial charge in [-0.2, -0.15) is 0 Å². The molecule has 0 saturated heterocycles. The van der Waals surface area contributed by atoms with E-state index in [9.17, 15) is 4.39 Å². The molecule has 0 radical (unpaired) electrons. The summed E-state index contributed by atoms with van der Waals surface area (Å²) < 4.78 is 19.4. The SMILES string of the molecule is CNCc1cccc(F)c1Oc1cccc(CO)c1. The number of nitrogens with one attached hydrogen (secondary N) is 1. The highest BCUT2D eigenvalue weighted by Gasteiger charge is 2.10. The first kappa shape index (κ1) is 13.5. The number of benzene rings is 2. The van der Waals surface area contributed by atoms with Gasteiger partial charge in [-0.05, 0) is 30.8 Å². The molecule has 0 heterocycles. The van der Waals surface area contributed by atoms with Crippen molar-refractivity contribution < 1.29 is 14.2 Å². The Labute approximate surface area is 111 Å². The van der Waals surface area contributed by atoms with E-state index in [1.54, 1.807) is 37.4 Å². The molecule has 2 N–H and O–H groups in total. The second-order valence-electron chi connectivity index (χ2n) is 4.17. The van der Waals surface area contributed by atoms with Gasteiger partial charge in [-0.1, -0.05) is 24.3 Å². The molecule has 3 nitrogen and oxygen atoms in total. The Bertz CT molecular complexity index is 558. The van der Waals surface area contributed by atoms with Crippen molar-refractivity contribution in [2.45, 2.75) is 13.2 Å². The number of aliphatic hydroxyl groups excluding tert-OH is 1. The standard InChI is InChI=1S/C15H16FNO2/c1-17-9-12-5-3-7-14(16)15(12)19-13-6-2-4-11(8-13)10-18/h2-8,17-18H,9-10H2,1H3. The van der Waals surface area contributed by atoms with Crippen LogP contribution in [0.15, 0.2) is 42.5 Å². The highest BCUT2D eigenvalue weighted by molar-refractivity contribution is 5.40. The van der Waals surface area contributed by atoms with Gasteiger partial charge in [0.25, 0.3) is 0 Å². The summed E-state index contributed by atoms with van der Waals surface area (Å²) in [5, 5.41) is 12.1. The molecule has 0 unspecified atom stereocenters. The van der Waals surface area contributed by atoms with Gasteiger partial charge in [-0.25, -0.2) is 4.39 Å². The Hall–Kier alpha value is -1.91. The number of hydrogen-bond donors (Lipinski definition) is 2. The van der Waals surface area contributed by atoms with Crippen molar-refractivity contribution in [3.05, 3.63) is 59.4 Å². The lowest BCUT2D eigenvalue weighted by Gasteiger charge is -2.12. The fourth-order valence-corrected chi connectivity index (χ4v) is 1.82. The zero-order chi connectivity index (χ0) is 13.7. The normalized spacial score (nSPS) is 10.5. The smallest absolute Gasteiger partial charge is 0.167 e. The third kappa shape index (κ3) is 3.30. The molecule has 0 aliphatic carbocycles. The fourth-order valence-electron chi connectivity index (χ4n) is 1.82. The largest absolute Gasteiger partial charge is 0.454 e. The topological polar surface area (TPSA) is 41.5 Å². The van der Waals surface area contributed by atoms with Crippen molar-refractivity contribution in [1.82, 2.24) is 5.32 Å². The second kappa shape index (κ2) is 6.31. The molecular weight excluding hydrogens is 245 g/mol. The van der Waals surface area contributed by atoms with Crippen LogP contribution in [0.3, 0.4) is 0 Å². The lowest BCUT2D eigenvalue weighted by molar-refractivity contribution is 0.281. The summed E-state index contributed by atoms with van der Waals surface area (Å²) in [7, 11) is 1.79. The first-order valence-corrected chi connectivity index (χ1v) is 6.04. The lowest BCUT2D eigenvalue weighted by atomic mass is 10.2. The van der Waals surface area contributed by atoms with Crippen molar-refractivity contribution >= 4 is 0 Å². The summed E-state index contributed by atoms with van der Waals surface area (Å²) in [6, 6.07) is 11.8. The van der Waals surface area contributed by atoms with Crippen LogP contribution >= 0.6 is 0 Å². The molecule has 0 saturated carbocycles. The van der Waals surface area contributed by atoms with Crippen LogP contribution in [-0.2, 0) is 13.2 Å². The van der Waals surface area contributed by atoms with Gasteiger partial charge in [0.15, 0.2) is 11.6 Å². The summed E-state index contributed by atoms with van der Waals surface area (Å²) in [6.07, 6.45) is 0. The average Bonchev–Trinajstić information content (AvgIpc) is 2.43. The predicted octanol–water partition coefficient (Wildman–Crippen LogP) is 2.83. The van der Waals surface area contributed by atoms with Crippen molar-refractivity contribution in [1.29, 1.82) is 0 Å². The van der Waals surface area contributed by atoms with Crippen LogP contribution in [0.4, 0.5) is 4.39 Å². The van der Waals surface area contributed by atoms with Gasteiger partial charge in [-0.15, -0.1) is 0 Å². The summed E-state index contributed by atoms with van der Waals surface area (Å²) >= 11 is 0. The molecule has 2 aromatic carbocycles. The average molecular weight is 261 g/mol. The van der Waals surface area contributed by atoms with Gasteiger partial charge in [0, 0.05) is 12.1 Å². The third-order valence-corrected chi connectivity index (χ3v) is 2.72. The van der Waals surface area contributed by atoms with Gasteiger partial charge in [-0.3, -0.25) is 0 Å². The molecule has 0 fully saturated rings. The van der Waals surface area contributed by atoms with Gasteiger partial charge >= 0.3 is 0 Å². The van der Waals surface area contributed by atoms with E-state index in [0.29, 0.717) is 12.3 Å². The van der Waals surface area contributed by atoms with E-state index in [4.69, 9.17) is 9.84 Å². The third-order valence-electron chi connectivity index (χ3n) is 2.72. The van der Waals surface area contributed by atoms with Crippen LogP contribution in [0.2, 0.25) is 0 Å². The molecule has 0 aliphatic heterocycles. The van der Waals surface area contributed by atoms with Gasteiger partial charge in [0.05, 0.1) is 6.61 Å². The quantitative estimate of drug-likeness (QED) is 0.869. The molecule has 0 spiro atoms. The highest BCUT2D eigenvalue weighted by atomic mass is 19.1. The zero-order valence-corrected chi connectivity index (χ0v) is 10.7. The van der Waals surface area contributed by atoms with E-state index >= 15 is 0 Å². The van der Waals surface area contributed by atoms with Crippen molar-refractivity contribution in [2.24, 2.45) is 0 Å². The first-order chi connectivity index (χ1) is 9.24. The van der Waals surface area contributed by atoms with Gasteiger partial charge in [0.2, 0.25) is 0 Å². The number of rotatable bonds is 5. The van der Waals surface area contributed by atoms with E-state index < -0.39 is 5.82 Å². The van der Waals surface area contributed by atoms with E-state index in [2.05, 4.69) is 5.32 Å². The predicted molar refractivity (Wildman–Crippen MR) is 71.6 cm³/mol. The summed E-state index contributed by atoms with van der Waals surface area (Å²) in [6.45, 7) is 0.449. The molecule has 0 aliphatic rings. The Balaban J connectivity index is 2.31. The maximum Gasteiger partial charge on any atom is 0.167 e. The molecular formula is C15H16FNO2. The van der Waals surface area contributed by atoms with Crippen molar-refractivity contribution in [3.8, 4) is 11.5 Å². The molecule has 2 rings (SSSR count). The maximum atomic E-state index is 13.8. The second-order valence-corrected chi connectivity index (χ2v) is 4.17. The van der Waals surface area contributed by atoms with Crippen molar-refractivity contribution in [3.63, 3.8) is 0 Å². The van der Waals surface area contributed by atoms with Crippen LogP contribution < -0.4 is 10.1 Å². The minimum absolute atomic E-state index is 0.0716. The zero-order valence-electron chi connectivity index (χ0n) is 10.7. The molecule has 100 valence electrons. The van der Waals surface area contributed by atoms with E-state index in [0.717, 1.165) is 11.1 Å². The molecule has 4 heteroatoms. The summed E-state index contributed by atoms with van der Waals surface area (Å²) in [5.41, 5.74) is 1.47. The Morgan fingerprint density at radius 1 is 1.21 bits per heavy atom. The lowest BCUT2D eigenvalue weighted by Crippen LogP contribution is -2.07. The molecule has 2 aromatic rings. The summed E-state index contributed by atoms with van der Waals surface area (Å²) in [5.74, 6) is 0.322. The van der Waals surface area contributed by atoms with Crippen LogP contribution in [-0.4, -0.2) is 12.2 Å². The summed E-state index contributed by atoms with van der Waals surface area (Å²) in [4.78, 5) is 0. The van der Waals surface area contributed by atoms with Gasteiger partial charge < -0.3 is 15.2 Å². The molecule has 0 amide bonds. The minimum Gasteiger partial charge on any atom is -0.454 e. The Morgan fingerprint density at radius 3 is 2.74 bits per heavy atom. The van der Waals surface area contributed by atoms with Crippen molar-refractivity contribution in [2.75, 3.05) is 7.05 Å². The molecule has 0 aromatic heterocycles. The van der Waals surface area contributed by atoms with Crippen LogP contribution in [0.5, 0.6) is 11.5 Å². The minimum atomic E-state index is -0.401. The van der Waals surface area contributed by atoms with Gasteiger partial charge in [0.1, 0.15) is 5.75 Å². The van der Waals surface area contributed by atoms with E-state index in [-0.39, 0.29) is 12.4 Å². The Morgan fingerprint density at radius 2 is 2.00 bits per heavy atom. The number of halogens is 1. The Kier molecular flexibility index (Phi) is 4.49.